The van der Waals surface area contributed by atoms with Gasteiger partial charge < -0.3 is 10.2 Å². The van der Waals surface area contributed by atoms with E-state index >= 15 is 0 Å². The summed E-state index contributed by atoms with van der Waals surface area (Å²) in [5.74, 6) is 2.18. The fourth-order valence-electron chi connectivity index (χ4n) is 6.90. The lowest BCUT2D eigenvalue weighted by atomic mass is 9.53. The minimum Gasteiger partial charge on any atom is -0.508 e. The van der Waals surface area contributed by atoms with Crippen LogP contribution in [0, 0.1) is 24.2 Å². The van der Waals surface area contributed by atoms with Crippen LogP contribution in [0.4, 0.5) is 0 Å². The highest BCUT2D eigenvalue weighted by atomic mass is 16.3. The molecule has 29 heavy (non-hydrogen) atoms. The minimum atomic E-state index is -0.722. The van der Waals surface area contributed by atoms with Crippen molar-refractivity contribution in [3.63, 3.8) is 0 Å². The van der Waals surface area contributed by atoms with Crippen LogP contribution >= 0.6 is 0 Å². The fraction of sp³-hybridized carbons (Fsp3) is 0.481. The minimum absolute atomic E-state index is 0.0538. The quantitative estimate of drug-likeness (QED) is 0.662. The Morgan fingerprint density at radius 2 is 1.86 bits per heavy atom. The van der Waals surface area contributed by atoms with E-state index in [4.69, 9.17) is 0 Å². The molecule has 0 aromatic heterocycles. The van der Waals surface area contributed by atoms with Crippen molar-refractivity contribution in [2.45, 2.75) is 63.9 Å². The summed E-state index contributed by atoms with van der Waals surface area (Å²) in [6, 6.07) is 14.4. The van der Waals surface area contributed by atoms with Crippen LogP contribution in [0.25, 0.3) is 6.08 Å². The Bertz CT molecular complexity index is 961. The van der Waals surface area contributed by atoms with E-state index in [0.29, 0.717) is 23.5 Å². The van der Waals surface area contributed by atoms with Crippen LogP contribution in [0.2, 0.25) is 0 Å². The van der Waals surface area contributed by atoms with Gasteiger partial charge in [-0.1, -0.05) is 49.4 Å². The molecule has 0 aliphatic heterocycles. The molecular weight excluding hydrogens is 356 g/mol. The van der Waals surface area contributed by atoms with Gasteiger partial charge in [-0.25, -0.2) is 0 Å². The number of phenolic OH excluding ortho intramolecular Hbond substituents is 1. The molecule has 3 aliphatic carbocycles. The predicted molar refractivity (Wildman–Crippen MR) is 118 cm³/mol. The fourth-order valence-corrected chi connectivity index (χ4v) is 6.90. The van der Waals surface area contributed by atoms with Crippen molar-refractivity contribution >= 4 is 6.08 Å². The van der Waals surface area contributed by atoms with Crippen LogP contribution in [-0.2, 0) is 6.42 Å². The zero-order valence-corrected chi connectivity index (χ0v) is 17.6. The summed E-state index contributed by atoms with van der Waals surface area (Å²) >= 11 is 0. The first kappa shape index (κ1) is 18.9. The van der Waals surface area contributed by atoms with Gasteiger partial charge in [-0.2, -0.15) is 0 Å². The highest BCUT2D eigenvalue weighted by molar-refractivity contribution is 5.55. The zero-order chi connectivity index (χ0) is 20.2. The monoisotopic (exact) mass is 388 g/mol. The van der Waals surface area contributed by atoms with Crippen molar-refractivity contribution < 1.29 is 10.2 Å². The van der Waals surface area contributed by atoms with Gasteiger partial charge >= 0.3 is 0 Å². The van der Waals surface area contributed by atoms with Gasteiger partial charge in [-0.15, -0.1) is 0 Å². The number of aryl methyl sites for hydroxylation is 2. The molecule has 0 spiro atoms. The topological polar surface area (TPSA) is 40.5 Å². The van der Waals surface area contributed by atoms with Crippen molar-refractivity contribution in [1.82, 2.24) is 0 Å². The average Bonchev–Trinajstić information content (AvgIpc) is 2.98. The lowest BCUT2D eigenvalue weighted by molar-refractivity contribution is -0.0705. The predicted octanol–water partition coefficient (Wildman–Crippen LogP) is 6.00. The molecule has 2 nitrogen and oxygen atoms in total. The van der Waals surface area contributed by atoms with Crippen LogP contribution in [-0.4, -0.2) is 15.8 Å². The van der Waals surface area contributed by atoms with Crippen molar-refractivity contribution in [3.8, 4) is 5.75 Å². The summed E-state index contributed by atoms with van der Waals surface area (Å²) < 4.78 is 0. The van der Waals surface area contributed by atoms with Crippen LogP contribution in [0.1, 0.15) is 67.2 Å². The average molecular weight is 389 g/mol. The highest BCUT2D eigenvalue weighted by Gasteiger charge is 2.60. The Labute approximate surface area is 174 Å². The van der Waals surface area contributed by atoms with Crippen molar-refractivity contribution in [3.05, 3.63) is 70.8 Å². The number of phenols is 1. The van der Waals surface area contributed by atoms with E-state index < -0.39 is 5.60 Å². The Balaban J connectivity index is 1.44. The third kappa shape index (κ3) is 2.87. The number of rotatable bonds is 2. The second-order valence-corrected chi connectivity index (χ2v) is 9.91. The van der Waals surface area contributed by atoms with Gasteiger partial charge in [0, 0.05) is 5.41 Å². The SMILES string of the molecule is Cc1ccccc1/C=C/[C@]1(O)CCC2C3CCc4cc(O)ccc4C3CCC21C. The number of hydrogen-bond donors (Lipinski definition) is 2. The van der Waals surface area contributed by atoms with E-state index in [1.165, 1.54) is 28.7 Å². The van der Waals surface area contributed by atoms with Crippen LogP contribution in [0.5, 0.6) is 5.75 Å². The molecule has 4 unspecified atom stereocenters. The first-order valence-electron chi connectivity index (χ1n) is 11.2. The molecular formula is C27H32O2. The van der Waals surface area contributed by atoms with Crippen molar-refractivity contribution in [1.29, 1.82) is 0 Å². The zero-order valence-electron chi connectivity index (χ0n) is 17.6. The molecule has 2 heteroatoms. The van der Waals surface area contributed by atoms with Crippen LogP contribution < -0.4 is 0 Å². The summed E-state index contributed by atoms with van der Waals surface area (Å²) in [4.78, 5) is 0. The third-order valence-electron chi connectivity index (χ3n) is 8.65. The van der Waals surface area contributed by atoms with Crippen molar-refractivity contribution in [2.75, 3.05) is 0 Å². The van der Waals surface area contributed by atoms with Gasteiger partial charge in [-0.3, -0.25) is 0 Å². The molecule has 0 radical (unpaired) electrons. The summed E-state index contributed by atoms with van der Waals surface area (Å²) in [5.41, 5.74) is 4.47. The third-order valence-corrected chi connectivity index (χ3v) is 8.65. The van der Waals surface area contributed by atoms with Gasteiger partial charge in [0.1, 0.15) is 5.75 Å². The van der Waals surface area contributed by atoms with Gasteiger partial charge in [0.05, 0.1) is 5.60 Å². The Morgan fingerprint density at radius 3 is 2.69 bits per heavy atom. The molecule has 2 saturated carbocycles. The lowest BCUT2D eigenvalue weighted by Gasteiger charge is -2.52. The number of aromatic hydroxyl groups is 1. The molecule has 2 fully saturated rings. The normalized spacial score (nSPS) is 35.9. The van der Waals surface area contributed by atoms with Gasteiger partial charge in [0.15, 0.2) is 0 Å². The standard InChI is InChI=1S/C27H32O2/c1-18-5-3-4-6-19(18)11-15-27(29)16-13-25-24-9-7-20-17-21(28)8-10-22(20)23(24)12-14-26(25,27)2/h3-6,8,10-11,15,17,23-25,28-29H,7,9,12-14,16H2,1-2H3/b15-11+/t23?,24?,25?,26?,27-/m0/s1. The number of benzene rings is 2. The second kappa shape index (κ2) is 6.74. The highest BCUT2D eigenvalue weighted by Crippen LogP contribution is 2.64. The molecule has 2 aromatic rings. The molecule has 0 bridgehead atoms. The van der Waals surface area contributed by atoms with E-state index in [9.17, 15) is 10.2 Å². The molecule has 152 valence electrons. The lowest BCUT2D eigenvalue weighted by Crippen LogP contribution is -2.49. The Hall–Kier alpha value is -2.06. The summed E-state index contributed by atoms with van der Waals surface area (Å²) in [7, 11) is 0. The molecule has 2 N–H and O–H groups in total. The molecule has 3 aliphatic rings. The largest absolute Gasteiger partial charge is 0.508 e. The van der Waals surface area contributed by atoms with Crippen LogP contribution in [0.3, 0.4) is 0 Å². The van der Waals surface area contributed by atoms with E-state index in [-0.39, 0.29) is 5.41 Å². The van der Waals surface area contributed by atoms with E-state index in [0.717, 1.165) is 32.1 Å². The molecule has 0 heterocycles. The Kier molecular flexibility index (Phi) is 4.40. The maximum Gasteiger partial charge on any atom is 0.115 e. The molecule has 2 aromatic carbocycles. The van der Waals surface area contributed by atoms with E-state index in [2.05, 4.69) is 56.3 Å². The molecule has 5 atom stereocenters. The second-order valence-electron chi connectivity index (χ2n) is 9.91. The van der Waals surface area contributed by atoms with E-state index in [1.807, 2.05) is 12.1 Å². The Morgan fingerprint density at radius 1 is 1.03 bits per heavy atom. The summed E-state index contributed by atoms with van der Waals surface area (Å²) in [6.45, 7) is 4.47. The van der Waals surface area contributed by atoms with E-state index in [1.54, 1.807) is 0 Å². The first-order valence-corrected chi connectivity index (χ1v) is 11.2. The molecule has 0 saturated heterocycles. The number of aliphatic hydroxyl groups is 1. The maximum absolute atomic E-state index is 11.8. The molecule has 0 amide bonds. The smallest absolute Gasteiger partial charge is 0.115 e. The van der Waals surface area contributed by atoms with Gasteiger partial charge in [0.2, 0.25) is 0 Å². The van der Waals surface area contributed by atoms with Gasteiger partial charge in [-0.05, 0) is 97.6 Å². The molecule has 5 rings (SSSR count). The first-order chi connectivity index (χ1) is 13.9. The number of fused-ring (bicyclic) bond motifs is 5. The van der Waals surface area contributed by atoms with Crippen LogP contribution in [0.15, 0.2) is 48.5 Å². The summed E-state index contributed by atoms with van der Waals surface area (Å²) in [6.07, 6.45) is 10.7. The summed E-state index contributed by atoms with van der Waals surface area (Å²) in [5, 5.41) is 21.7. The van der Waals surface area contributed by atoms with Gasteiger partial charge in [0.25, 0.3) is 0 Å². The number of hydrogen-bond acceptors (Lipinski definition) is 2. The van der Waals surface area contributed by atoms with Crippen molar-refractivity contribution in [2.24, 2.45) is 17.3 Å². The maximum atomic E-state index is 11.8.